The molecule has 0 aromatic heterocycles. The third-order valence-electron chi connectivity index (χ3n) is 2.30. The van der Waals surface area contributed by atoms with Crippen LogP contribution in [0.2, 0.25) is 0 Å². The Morgan fingerprint density at radius 1 is 1.42 bits per heavy atom. The van der Waals surface area contributed by atoms with Gasteiger partial charge < -0.3 is 5.11 Å². The number of carbonyl (C=O) groups excluding carboxylic acids is 1. The second kappa shape index (κ2) is 6.08. The lowest BCUT2D eigenvalue weighted by Gasteiger charge is -1.95. The molecule has 4 nitrogen and oxygen atoms in total. The first-order chi connectivity index (χ1) is 9.04. The summed E-state index contributed by atoms with van der Waals surface area (Å²) in [6.07, 6.45) is 1.71. The number of benzene rings is 1. The highest BCUT2D eigenvalue weighted by molar-refractivity contribution is 8.45. The fourth-order valence-electron chi connectivity index (χ4n) is 1.40. The minimum Gasteiger partial charge on any atom is -0.481 e. The number of thioether (sulfide) groups is 2. The summed E-state index contributed by atoms with van der Waals surface area (Å²) in [6.45, 7) is 1.99. The van der Waals surface area contributed by atoms with Crippen molar-refractivity contribution in [3.05, 3.63) is 41.1 Å². The van der Waals surface area contributed by atoms with Gasteiger partial charge in [-0.25, -0.2) is 4.99 Å². The van der Waals surface area contributed by atoms with E-state index in [-0.39, 0.29) is 10.9 Å². The van der Waals surface area contributed by atoms with Gasteiger partial charge in [-0.2, -0.15) is 0 Å². The molecule has 0 saturated carbocycles. The highest BCUT2D eigenvalue weighted by Gasteiger charge is 2.22. The molecule has 1 aliphatic heterocycles. The molecule has 1 aromatic rings. The van der Waals surface area contributed by atoms with Crippen LogP contribution in [0, 0.1) is 6.92 Å². The first-order valence-electron chi connectivity index (χ1n) is 5.48. The van der Waals surface area contributed by atoms with Gasteiger partial charge in [-0.1, -0.05) is 41.6 Å². The van der Waals surface area contributed by atoms with E-state index in [0.717, 1.165) is 34.7 Å². The minimum atomic E-state index is -0.920. The fraction of sp³-hybridized carbons (Fsp3) is 0.154. The largest absolute Gasteiger partial charge is 0.481 e. The number of aliphatic carboxylic acids is 1. The van der Waals surface area contributed by atoms with E-state index in [0.29, 0.717) is 10.1 Å². The molecule has 1 aliphatic rings. The summed E-state index contributed by atoms with van der Waals surface area (Å²) in [4.78, 5) is 26.3. The molecule has 0 fully saturated rings. The molecule has 0 unspecified atom stereocenters. The zero-order valence-corrected chi connectivity index (χ0v) is 11.8. The Labute approximate surface area is 119 Å². The smallest absolute Gasteiger partial charge is 0.313 e. The Bertz CT molecular complexity index is 576. The van der Waals surface area contributed by atoms with Crippen LogP contribution in [-0.4, -0.2) is 26.3 Å². The lowest BCUT2D eigenvalue weighted by molar-refractivity contribution is -0.133. The summed E-state index contributed by atoms with van der Waals surface area (Å²) in [5.74, 6) is -1.01. The molecule has 1 heterocycles. The van der Waals surface area contributed by atoms with E-state index in [4.69, 9.17) is 5.11 Å². The molecule has 98 valence electrons. The van der Waals surface area contributed by atoms with Crippen molar-refractivity contribution in [3.63, 3.8) is 0 Å². The molecule has 2 rings (SSSR count). The summed E-state index contributed by atoms with van der Waals surface area (Å²) in [5, 5.41) is 8.44. The lowest BCUT2D eigenvalue weighted by atomic mass is 10.1. The Morgan fingerprint density at radius 2 is 2.11 bits per heavy atom. The molecule has 0 spiro atoms. The van der Waals surface area contributed by atoms with Crippen LogP contribution in [0.5, 0.6) is 0 Å². The second-order valence-corrected chi connectivity index (χ2v) is 6.07. The fourth-order valence-corrected chi connectivity index (χ4v) is 2.96. The van der Waals surface area contributed by atoms with Gasteiger partial charge >= 0.3 is 5.97 Å². The van der Waals surface area contributed by atoms with Crippen molar-refractivity contribution in [2.75, 3.05) is 5.75 Å². The summed E-state index contributed by atoms with van der Waals surface area (Å²) in [5.41, 5.74) is 2.42. The molecule has 19 heavy (non-hydrogen) atoms. The summed E-state index contributed by atoms with van der Waals surface area (Å²) < 4.78 is 0.491. The molecular weight excluding hydrogens is 282 g/mol. The van der Waals surface area contributed by atoms with Crippen molar-refractivity contribution in [2.24, 2.45) is 4.99 Å². The van der Waals surface area contributed by atoms with Crippen LogP contribution >= 0.6 is 23.5 Å². The number of aliphatic imine (C=N–C) groups is 1. The van der Waals surface area contributed by atoms with Gasteiger partial charge in [0, 0.05) is 0 Å². The Morgan fingerprint density at radius 3 is 2.74 bits per heavy atom. The lowest BCUT2D eigenvalue weighted by Crippen LogP contribution is -1.99. The normalized spacial score (nSPS) is 16.8. The van der Waals surface area contributed by atoms with E-state index in [1.165, 1.54) is 0 Å². The molecule has 6 heteroatoms. The van der Waals surface area contributed by atoms with E-state index < -0.39 is 5.97 Å². The number of aryl methyl sites for hydroxylation is 1. The predicted octanol–water partition coefficient (Wildman–Crippen LogP) is 2.78. The maximum absolute atomic E-state index is 11.7. The number of carboxylic acid groups (broad SMARTS) is 1. The van der Waals surface area contributed by atoms with Gasteiger partial charge in [-0.05, 0) is 30.3 Å². The Kier molecular flexibility index (Phi) is 4.44. The van der Waals surface area contributed by atoms with Crippen molar-refractivity contribution in [2.45, 2.75) is 6.92 Å². The highest BCUT2D eigenvalue weighted by Crippen LogP contribution is 2.30. The maximum atomic E-state index is 11.7. The summed E-state index contributed by atoms with van der Waals surface area (Å²) in [7, 11) is 0. The first-order valence-corrected chi connectivity index (χ1v) is 7.28. The van der Waals surface area contributed by atoms with Crippen LogP contribution in [0.1, 0.15) is 11.1 Å². The zero-order chi connectivity index (χ0) is 13.8. The third kappa shape index (κ3) is 3.97. The van der Waals surface area contributed by atoms with Gasteiger partial charge in [0.2, 0.25) is 5.12 Å². The van der Waals surface area contributed by atoms with E-state index in [2.05, 4.69) is 4.99 Å². The maximum Gasteiger partial charge on any atom is 0.313 e. The number of hydrogen-bond donors (Lipinski definition) is 1. The Hall–Kier alpha value is -1.53. The van der Waals surface area contributed by atoms with Crippen LogP contribution < -0.4 is 0 Å². The predicted molar refractivity (Wildman–Crippen MR) is 79.3 cm³/mol. The molecule has 0 saturated heterocycles. The third-order valence-corrected chi connectivity index (χ3v) is 4.29. The van der Waals surface area contributed by atoms with Crippen molar-refractivity contribution in [1.29, 1.82) is 0 Å². The van der Waals surface area contributed by atoms with Crippen LogP contribution in [0.4, 0.5) is 0 Å². The average molecular weight is 293 g/mol. The molecule has 0 amide bonds. The van der Waals surface area contributed by atoms with Crippen LogP contribution in [0.3, 0.4) is 0 Å². The van der Waals surface area contributed by atoms with E-state index in [1.807, 2.05) is 31.2 Å². The molecule has 1 aromatic carbocycles. The Balaban J connectivity index is 2.13. The molecule has 1 N–H and O–H groups in total. The second-order valence-electron chi connectivity index (χ2n) is 3.89. The number of carbonyl (C=O) groups is 2. The quantitative estimate of drug-likeness (QED) is 0.868. The van der Waals surface area contributed by atoms with Crippen molar-refractivity contribution in [1.82, 2.24) is 0 Å². The van der Waals surface area contributed by atoms with E-state index >= 15 is 0 Å². The standard InChI is InChI=1S/C13H11NO3S2/c1-8-2-4-9(5-3-8)6-10-12(17)19-13(14-10)18-7-11(15)16/h2-6H,7H2,1H3,(H,15,16). The van der Waals surface area contributed by atoms with Crippen molar-refractivity contribution in [3.8, 4) is 0 Å². The molecular formula is C13H11NO3S2. The van der Waals surface area contributed by atoms with Crippen LogP contribution in [0.15, 0.2) is 35.0 Å². The average Bonchev–Trinajstić information content (AvgIpc) is 2.71. The minimum absolute atomic E-state index is 0.0864. The zero-order valence-electron chi connectivity index (χ0n) is 10.1. The van der Waals surface area contributed by atoms with Gasteiger partial charge in [0.1, 0.15) is 10.1 Å². The van der Waals surface area contributed by atoms with Crippen LogP contribution in [0.25, 0.3) is 6.08 Å². The highest BCUT2D eigenvalue weighted by atomic mass is 32.2. The van der Waals surface area contributed by atoms with Gasteiger partial charge in [0.15, 0.2) is 0 Å². The van der Waals surface area contributed by atoms with Crippen LogP contribution in [-0.2, 0) is 9.59 Å². The summed E-state index contributed by atoms with van der Waals surface area (Å²) in [6, 6.07) is 7.75. The first kappa shape index (κ1) is 13.9. The summed E-state index contributed by atoms with van der Waals surface area (Å²) >= 11 is 2.04. The van der Waals surface area contributed by atoms with Gasteiger partial charge in [0.05, 0.1) is 5.75 Å². The molecule has 0 atom stereocenters. The monoisotopic (exact) mass is 293 g/mol. The SMILES string of the molecule is Cc1ccc(C=C2N=C(SCC(=O)O)SC2=O)cc1. The number of hydrogen-bond acceptors (Lipinski definition) is 5. The molecule has 0 aliphatic carbocycles. The molecule has 0 bridgehead atoms. The van der Waals surface area contributed by atoms with E-state index in [9.17, 15) is 9.59 Å². The van der Waals surface area contributed by atoms with Gasteiger partial charge in [-0.15, -0.1) is 0 Å². The van der Waals surface area contributed by atoms with Crippen molar-refractivity contribution >= 4 is 45.1 Å². The van der Waals surface area contributed by atoms with E-state index in [1.54, 1.807) is 6.08 Å². The number of carboxylic acids is 1. The molecule has 0 radical (unpaired) electrons. The van der Waals surface area contributed by atoms with Crippen molar-refractivity contribution < 1.29 is 14.7 Å². The topological polar surface area (TPSA) is 66.7 Å². The van der Waals surface area contributed by atoms with Gasteiger partial charge in [0.25, 0.3) is 0 Å². The van der Waals surface area contributed by atoms with Gasteiger partial charge in [-0.3, -0.25) is 9.59 Å². The number of rotatable bonds is 3. The number of nitrogens with zero attached hydrogens (tertiary/aromatic N) is 1.